The average Bonchev–Trinajstić information content (AvgIpc) is 2.55. The Bertz CT molecular complexity index is 989. The molecule has 0 amide bonds. The molecule has 0 saturated carbocycles. The summed E-state index contributed by atoms with van der Waals surface area (Å²) in [5, 5.41) is 2.04. The molecule has 2 aromatic heterocycles. The van der Waals surface area contributed by atoms with Crippen LogP contribution in [-0.4, -0.2) is 33.8 Å². The topological polar surface area (TPSA) is 112 Å². The zero-order valence-electron chi connectivity index (χ0n) is 15.8. The van der Waals surface area contributed by atoms with Gasteiger partial charge < -0.3 is 16.4 Å². The number of hydrogen-bond acceptors (Lipinski definition) is 8. The van der Waals surface area contributed by atoms with E-state index < -0.39 is 5.60 Å². The molecule has 0 atom stereocenters. The van der Waals surface area contributed by atoms with Crippen LogP contribution in [0.1, 0.15) is 27.7 Å². The van der Waals surface area contributed by atoms with E-state index in [2.05, 4.69) is 15.0 Å². The fourth-order valence-electron chi connectivity index (χ4n) is 2.75. The fourth-order valence-corrected chi connectivity index (χ4v) is 2.91. The molecule has 0 aliphatic rings. The van der Waals surface area contributed by atoms with Crippen LogP contribution < -0.4 is 16.4 Å². The van der Waals surface area contributed by atoms with Crippen LogP contribution in [0.3, 0.4) is 0 Å². The second kappa shape index (κ2) is 7.30. The molecule has 0 fully saturated rings. The first-order valence-electron chi connectivity index (χ1n) is 8.57. The van der Waals surface area contributed by atoms with E-state index in [1.807, 2.05) is 38.7 Å². The number of pyridine rings is 1. The standard InChI is InChI=1S/C18H23ClN6O2/c1-5-25(9-26-27-18(2,3)4)14-11-7-6-10(19)8-12(11)22-16-13(14)15(20)23-17(21)24-16/h6-8H,5,9H2,1-4H3,(H4,20,21,22,23,24). The quantitative estimate of drug-likeness (QED) is 0.294. The summed E-state index contributed by atoms with van der Waals surface area (Å²) in [5.41, 5.74) is 13.4. The summed E-state index contributed by atoms with van der Waals surface area (Å²) in [4.78, 5) is 25.8. The number of nitrogen functional groups attached to an aromatic ring is 2. The Morgan fingerprint density at radius 3 is 2.56 bits per heavy atom. The molecule has 8 nitrogen and oxygen atoms in total. The molecule has 9 heteroatoms. The lowest BCUT2D eigenvalue weighted by Crippen LogP contribution is -2.30. The number of hydrogen-bond donors (Lipinski definition) is 2. The van der Waals surface area contributed by atoms with Crippen molar-refractivity contribution in [3.8, 4) is 0 Å². The molecule has 0 unspecified atom stereocenters. The van der Waals surface area contributed by atoms with E-state index in [4.69, 9.17) is 32.8 Å². The maximum absolute atomic E-state index is 6.17. The highest BCUT2D eigenvalue weighted by Crippen LogP contribution is 2.37. The van der Waals surface area contributed by atoms with Gasteiger partial charge in [0, 0.05) is 17.0 Å². The molecule has 0 saturated heterocycles. The predicted molar refractivity (Wildman–Crippen MR) is 108 cm³/mol. The van der Waals surface area contributed by atoms with Crippen LogP contribution in [0.15, 0.2) is 18.2 Å². The second-order valence-electron chi connectivity index (χ2n) is 7.09. The summed E-state index contributed by atoms with van der Waals surface area (Å²) in [7, 11) is 0. The average molecular weight is 391 g/mol. The number of anilines is 3. The van der Waals surface area contributed by atoms with Crippen molar-refractivity contribution in [2.75, 3.05) is 29.6 Å². The van der Waals surface area contributed by atoms with Gasteiger partial charge in [0.05, 0.1) is 22.2 Å². The molecule has 0 bridgehead atoms. The van der Waals surface area contributed by atoms with Gasteiger partial charge in [0.1, 0.15) is 5.82 Å². The van der Waals surface area contributed by atoms with Crippen molar-refractivity contribution >= 4 is 51.0 Å². The van der Waals surface area contributed by atoms with Crippen molar-refractivity contribution in [2.45, 2.75) is 33.3 Å². The van der Waals surface area contributed by atoms with Gasteiger partial charge in [0.2, 0.25) is 5.95 Å². The van der Waals surface area contributed by atoms with Gasteiger partial charge in [-0.3, -0.25) is 0 Å². The molecule has 144 valence electrons. The summed E-state index contributed by atoms with van der Waals surface area (Å²) >= 11 is 6.15. The molecular weight excluding hydrogens is 368 g/mol. The van der Waals surface area contributed by atoms with E-state index in [1.54, 1.807) is 12.1 Å². The Balaban J connectivity index is 2.20. The predicted octanol–water partition coefficient (Wildman–Crippen LogP) is 3.53. The van der Waals surface area contributed by atoms with Gasteiger partial charge in [-0.15, -0.1) is 0 Å². The van der Waals surface area contributed by atoms with Crippen LogP contribution in [0.4, 0.5) is 17.5 Å². The first kappa shape index (κ1) is 19.3. The van der Waals surface area contributed by atoms with E-state index in [9.17, 15) is 0 Å². The Hall–Kier alpha value is -2.42. The van der Waals surface area contributed by atoms with Crippen molar-refractivity contribution in [2.24, 2.45) is 0 Å². The number of aromatic nitrogens is 3. The first-order chi connectivity index (χ1) is 12.7. The van der Waals surface area contributed by atoms with E-state index in [-0.39, 0.29) is 18.5 Å². The van der Waals surface area contributed by atoms with E-state index in [0.717, 1.165) is 11.1 Å². The third-order valence-electron chi connectivity index (χ3n) is 3.83. The van der Waals surface area contributed by atoms with Gasteiger partial charge in [0.25, 0.3) is 0 Å². The zero-order valence-corrected chi connectivity index (χ0v) is 16.5. The number of benzene rings is 1. The Morgan fingerprint density at radius 2 is 1.89 bits per heavy atom. The van der Waals surface area contributed by atoms with E-state index in [0.29, 0.717) is 28.1 Å². The number of halogens is 1. The minimum absolute atomic E-state index is 0.0650. The lowest BCUT2D eigenvalue weighted by molar-refractivity contribution is -0.347. The normalized spacial score (nSPS) is 12.0. The third kappa shape index (κ3) is 4.13. The van der Waals surface area contributed by atoms with Crippen LogP contribution in [0.2, 0.25) is 5.02 Å². The Labute approximate surface area is 162 Å². The largest absolute Gasteiger partial charge is 0.383 e. The fraction of sp³-hybridized carbons (Fsp3) is 0.389. The second-order valence-corrected chi connectivity index (χ2v) is 7.52. The molecule has 1 aromatic carbocycles. The highest BCUT2D eigenvalue weighted by Gasteiger charge is 2.20. The lowest BCUT2D eigenvalue weighted by Gasteiger charge is -2.27. The van der Waals surface area contributed by atoms with Crippen molar-refractivity contribution in [3.63, 3.8) is 0 Å². The maximum Gasteiger partial charge on any atom is 0.224 e. The molecule has 3 aromatic rings. The minimum Gasteiger partial charge on any atom is -0.383 e. The van der Waals surface area contributed by atoms with Crippen molar-refractivity contribution in [1.82, 2.24) is 15.0 Å². The van der Waals surface area contributed by atoms with Gasteiger partial charge >= 0.3 is 0 Å². The van der Waals surface area contributed by atoms with Crippen LogP contribution in [-0.2, 0) is 9.78 Å². The summed E-state index contributed by atoms with van der Waals surface area (Å²) in [5.74, 6) is 0.322. The van der Waals surface area contributed by atoms with Crippen molar-refractivity contribution < 1.29 is 9.78 Å². The number of nitrogens with two attached hydrogens (primary N) is 2. The molecule has 0 radical (unpaired) electrons. The monoisotopic (exact) mass is 390 g/mol. The van der Waals surface area contributed by atoms with Gasteiger partial charge in [0.15, 0.2) is 12.4 Å². The minimum atomic E-state index is -0.425. The molecule has 0 aliphatic carbocycles. The van der Waals surface area contributed by atoms with Crippen LogP contribution in [0, 0.1) is 0 Å². The SMILES string of the molecule is CCN(COOC(C)(C)C)c1c2ccc(Cl)cc2nc2nc(N)nc(N)c12. The summed E-state index contributed by atoms with van der Waals surface area (Å²) in [6.07, 6.45) is 0. The molecule has 0 aliphatic heterocycles. The van der Waals surface area contributed by atoms with Crippen LogP contribution >= 0.6 is 11.6 Å². The maximum atomic E-state index is 6.17. The number of nitrogens with zero attached hydrogens (tertiary/aromatic N) is 4. The number of rotatable bonds is 5. The smallest absolute Gasteiger partial charge is 0.224 e. The molecule has 0 spiro atoms. The number of fused-ring (bicyclic) bond motifs is 2. The summed E-state index contributed by atoms with van der Waals surface area (Å²) in [6, 6.07) is 5.47. The highest BCUT2D eigenvalue weighted by molar-refractivity contribution is 6.31. The Kier molecular flexibility index (Phi) is 5.23. The lowest BCUT2D eigenvalue weighted by atomic mass is 10.1. The van der Waals surface area contributed by atoms with Gasteiger partial charge in [-0.2, -0.15) is 9.97 Å². The molecule has 3 rings (SSSR count). The highest BCUT2D eigenvalue weighted by atomic mass is 35.5. The van der Waals surface area contributed by atoms with Gasteiger partial charge in [-0.05, 0) is 45.9 Å². The van der Waals surface area contributed by atoms with Gasteiger partial charge in [-0.25, -0.2) is 14.8 Å². The zero-order chi connectivity index (χ0) is 19.8. The van der Waals surface area contributed by atoms with Crippen molar-refractivity contribution in [1.29, 1.82) is 0 Å². The van der Waals surface area contributed by atoms with Crippen molar-refractivity contribution in [3.05, 3.63) is 23.2 Å². The van der Waals surface area contributed by atoms with Gasteiger partial charge in [-0.1, -0.05) is 11.6 Å². The van der Waals surface area contributed by atoms with E-state index in [1.165, 1.54) is 0 Å². The van der Waals surface area contributed by atoms with Crippen LogP contribution in [0.25, 0.3) is 21.9 Å². The molecule has 27 heavy (non-hydrogen) atoms. The Morgan fingerprint density at radius 1 is 1.15 bits per heavy atom. The first-order valence-corrected chi connectivity index (χ1v) is 8.95. The summed E-state index contributed by atoms with van der Waals surface area (Å²) < 4.78 is 0. The van der Waals surface area contributed by atoms with E-state index >= 15 is 0 Å². The molecular formula is C18H23ClN6O2. The molecule has 2 heterocycles. The third-order valence-corrected chi connectivity index (χ3v) is 4.06. The summed E-state index contributed by atoms with van der Waals surface area (Å²) in [6.45, 7) is 8.57. The van der Waals surface area contributed by atoms with Crippen LogP contribution in [0.5, 0.6) is 0 Å². The molecule has 4 N–H and O–H groups in total.